The van der Waals surface area contributed by atoms with E-state index < -0.39 is 5.82 Å². The summed E-state index contributed by atoms with van der Waals surface area (Å²) >= 11 is 3.31. The van der Waals surface area contributed by atoms with E-state index >= 15 is 0 Å². The molecule has 1 N–H and O–H groups in total. The van der Waals surface area contributed by atoms with Gasteiger partial charge in [-0.1, -0.05) is 58.4 Å². The zero-order chi connectivity index (χ0) is 22.5. The number of carbonyl (C=O) groups is 1. The first-order chi connectivity index (χ1) is 15.5. The third-order valence-electron chi connectivity index (χ3n) is 4.89. The molecule has 0 fully saturated rings. The second-order valence-corrected chi connectivity index (χ2v) is 8.12. The van der Waals surface area contributed by atoms with Gasteiger partial charge in [0.2, 0.25) is 5.91 Å². The van der Waals surface area contributed by atoms with E-state index in [1.807, 2.05) is 30.3 Å². The first-order valence-electron chi connectivity index (χ1n) is 9.93. The van der Waals surface area contributed by atoms with E-state index in [4.69, 9.17) is 0 Å². The monoisotopic (exact) mass is 491 g/mol. The first-order valence-corrected chi connectivity index (χ1v) is 10.7. The van der Waals surface area contributed by atoms with Crippen LogP contribution in [0.3, 0.4) is 0 Å². The quantitative estimate of drug-likeness (QED) is 0.383. The summed E-state index contributed by atoms with van der Waals surface area (Å²) in [6.07, 6.45) is 2.77. The molecule has 5 nitrogen and oxygen atoms in total. The van der Waals surface area contributed by atoms with Gasteiger partial charge in [-0.2, -0.15) is 0 Å². The summed E-state index contributed by atoms with van der Waals surface area (Å²) in [4.78, 5) is 34.3. The van der Waals surface area contributed by atoms with E-state index in [1.165, 1.54) is 18.2 Å². The molecule has 7 heteroatoms. The SMILES string of the molecule is O=C(C=Cc1cc(Br)ccc1F)N(Cc1ccccc1)Cc1nc2ccccc2c(=O)[nH]1. The Hall–Kier alpha value is -3.58. The van der Waals surface area contributed by atoms with E-state index in [9.17, 15) is 14.0 Å². The van der Waals surface area contributed by atoms with Crippen LogP contribution < -0.4 is 5.56 Å². The van der Waals surface area contributed by atoms with Crippen molar-refractivity contribution in [1.82, 2.24) is 14.9 Å². The van der Waals surface area contributed by atoms with Crippen LogP contribution in [0.15, 0.2) is 88.1 Å². The van der Waals surface area contributed by atoms with Gasteiger partial charge in [-0.3, -0.25) is 9.59 Å². The number of halogens is 2. The molecular weight excluding hydrogens is 473 g/mol. The third-order valence-corrected chi connectivity index (χ3v) is 5.39. The van der Waals surface area contributed by atoms with Crippen molar-refractivity contribution in [3.05, 3.63) is 116 Å². The predicted molar refractivity (Wildman–Crippen MR) is 126 cm³/mol. The van der Waals surface area contributed by atoms with Crippen molar-refractivity contribution in [1.29, 1.82) is 0 Å². The van der Waals surface area contributed by atoms with Crippen molar-refractivity contribution in [2.45, 2.75) is 13.1 Å². The summed E-state index contributed by atoms with van der Waals surface area (Å²) in [5.41, 5.74) is 1.52. The minimum absolute atomic E-state index is 0.0963. The second-order valence-electron chi connectivity index (χ2n) is 7.21. The molecule has 0 aliphatic heterocycles. The molecule has 0 aliphatic carbocycles. The number of benzene rings is 3. The molecule has 1 aromatic heterocycles. The normalized spacial score (nSPS) is 11.2. The highest BCUT2D eigenvalue weighted by molar-refractivity contribution is 9.10. The number of H-pyrrole nitrogens is 1. The van der Waals surface area contributed by atoms with Gasteiger partial charge in [-0.15, -0.1) is 0 Å². The molecule has 32 heavy (non-hydrogen) atoms. The Kier molecular flexibility index (Phi) is 6.56. The second kappa shape index (κ2) is 9.70. The van der Waals surface area contributed by atoms with Crippen LogP contribution >= 0.6 is 15.9 Å². The van der Waals surface area contributed by atoms with Crippen molar-refractivity contribution in [3.63, 3.8) is 0 Å². The molecule has 0 radical (unpaired) electrons. The summed E-state index contributed by atoms with van der Waals surface area (Å²) < 4.78 is 14.8. The van der Waals surface area contributed by atoms with Crippen LogP contribution in [0.4, 0.5) is 4.39 Å². The molecule has 0 saturated carbocycles. The van der Waals surface area contributed by atoms with Crippen molar-refractivity contribution < 1.29 is 9.18 Å². The zero-order valence-electron chi connectivity index (χ0n) is 17.0. The summed E-state index contributed by atoms with van der Waals surface area (Å²) in [5.74, 6) is -0.378. The first kappa shape index (κ1) is 21.6. The number of rotatable bonds is 6. The van der Waals surface area contributed by atoms with Crippen LogP contribution in [0.5, 0.6) is 0 Å². The van der Waals surface area contributed by atoms with E-state index in [2.05, 4.69) is 25.9 Å². The molecule has 0 aliphatic rings. The lowest BCUT2D eigenvalue weighted by molar-refractivity contribution is -0.127. The standard InChI is InChI=1S/C25H19BrFN3O2/c26-19-11-12-21(27)18(14-19)10-13-24(31)30(15-17-6-2-1-3-7-17)16-23-28-22-9-5-4-8-20(22)25(32)29-23/h1-14H,15-16H2,(H,28,29,32). The number of aromatic amines is 1. The summed E-state index contributed by atoms with van der Waals surface area (Å²) in [5, 5.41) is 0.488. The molecule has 0 bridgehead atoms. The Morgan fingerprint density at radius 2 is 1.78 bits per heavy atom. The number of aromatic nitrogens is 2. The average Bonchev–Trinajstić information content (AvgIpc) is 2.80. The fraction of sp³-hybridized carbons (Fsp3) is 0.0800. The van der Waals surface area contributed by atoms with Crippen molar-refractivity contribution >= 4 is 38.8 Å². The third kappa shape index (κ3) is 5.18. The zero-order valence-corrected chi connectivity index (χ0v) is 18.5. The van der Waals surface area contributed by atoms with Crippen LogP contribution in [-0.4, -0.2) is 20.8 Å². The van der Waals surface area contributed by atoms with Gasteiger partial charge in [0.15, 0.2) is 0 Å². The maximum Gasteiger partial charge on any atom is 0.258 e. The average molecular weight is 492 g/mol. The Labute approximate surface area is 192 Å². The number of nitrogens with zero attached hydrogens (tertiary/aromatic N) is 2. The smallest absolute Gasteiger partial charge is 0.258 e. The van der Waals surface area contributed by atoms with Crippen molar-refractivity contribution in [2.75, 3.05) is 0 Å². The summed E-state index contributed by atoms with van der Waals surface area (Å²) in [6, 6.07) is 21.1. The van der Waals surface area contributed by atoms with E-state index in [1.54, 1.807) is 41.3 Å². The Morgan fingerprint density at radius 1 is 1.03 bits per heavy atom. The highest BCUT2D eigenvalue weighted by Gasteiger charge is 2.15. The van der Waals surface area contributed by atoms with Gasteiger partial charge in [0, 0.05) is 22.7 Å². The highest BCUT2D eigenvalue weighted by atomic mass is 79.9. The van der Waals surface area contributed by atoms with Gasteiger partial charge < -0.3 is 9.88 Å². The molecule has 1 heterocycles. The highest BCUT2D eigenvalue weighted by Crippen LogP contribution is 2.17. The largest absolute Gasteiger partial charge is 0.327 e. The van der Waals surface area contributed by atoms with E-state index in [0.717, 1.165) is 5.56 Å². The van der Waals surface area contributed by atoms with Gasteiger partial charge in [0.1, 0.15) is 11.6 Å². The molecule has 160 valence electrons. The van der Waals surface area contributed by atoms with Gasteiger partial charge in [0.05, 0.1) is 17.4 Å². The number of hydrogen-bond donors (Lipinski definition) is 1. The molecule has 1 amide bonds. The fourth-order valence-corrected chi connectivity index (χ4v) is 3.69. The lowest BCUT2D eigenvalue weighted by Gasteiger charge is -2.21. The van der Waals surface area contributed by atoms with Crippen LogP contribution in [-0.2, 0) is 17.9 Å². The fourth-order valence-electron chi connectivity index (χ4n) is 3.31. The lowest BCUT2D eigenvalue weighted by Crippen LogP contribution is -2.30. The molecule has 0 unspecified atom stereocenters. The van der Waals surface area contributed by atoms with E-state index in [-0.39, 0.29) is 18.0 Å². The molecule has 0 spiro atoms. The minimum atomic E-state index is -0.424. The van der Waals surface area contributed by atoms with Gasteiger partial charge >= 0.3 is 0 Å². The van der Waals surface area contributed by atoms with Gasteiger partial charge in [-0.25, -0.2) is 9.37 Å². The number of para-hydroxylation sites is 1. The van der Waals surface area contributed by atoms with Crippen LogP contribution in [0.1, 0.15) is 17.0 Å². The summed E-state index contributed by atoms with van der Waals surface area (Å²) in [7, 11) is 0. The maximum absolute atomic E-state index is 14.1. The number of fused-ring (bicyclic) bond motifs is 1. The number of nitrogens with one attached hydrogen (secondary N) is 1. The Bertz CT molecular complexity index is 1350. The molecule has 0 saturated heterocycles. The predicted octanol–water partition coefficient (Wildman–Crippen LogP) is 5.07. The molecule has 4 rings (SSSR count). The molecule has 4 aromatic rings. The Morgan fingerprint density at radius 3 is 2.59 bits per heavy atom. The van der Waals surface area contributed by atoms with Gasteiger partial charge in [-0.05, 0) is 42.0 Å². The topological polar surface area (TPSA) is 66.1 Å². The van der Waals surface area contributed by atoms with Crippen LogP contribution in [0.2, 0.25) is 0 Å². The summed E-state index contributed by atoms with van der Waals surface area (Å²) in [6.45, 7) is 0.403. The Balaban J connectivity index is 1.64. The number of carbonyl (C=O) groups excluding carboxylic acids is 1. The molecule has 0 atom stereocenters. The van der Waals surface area contributed by atoms with Gasteiger partial charge in [0.25, 0.3) is 5.56 Å². The lowest BCUT2D eigenvalue weighted by atomic mass is 10.2. The maximum atomic E-state index is 14.1. The number of hydrogen-bond acceptors (Lipinski definition) is 3. The minimum Gasteiger partial charge on any atom is -0.327 e. The molecular formula is C25H19BrFN3O2. The van der Waals surface area contributed by atoms with Crippen molar-refractivity contribution in [3.8, 4) is 0 Å². The van der Waals surface area contributed by atoms with Crippen LogP contribution in [0.25, 0.3) is 17.0 Å². The van der Waals surface area contributed by atoms with E-state index in [0.29, 0.717) is 33.3 Å². The molecule has 3 aromatic carbocycles. The van der Waals surface area contributed by atoms with Crippen molar-refractivity contribution in [2.24, 2.45) is 0 Å². The van der Waals surface area contributed by atoms with Crippen LogP contribution in [0, 0.1) is 5.82 Å². The number of amides is 1.